The Kier molecular flexibility index (Phi) is 5.76. The summed E-state index contributed by atoms with van der Waals surface area (Å²) >= 11 is 0. The van der Waals surface area contributed by atoms with Crippen LogP contribution in [0, 0.1) is 6.92 Å². The molecule has 0 saturated heterocycles. The van der Waals surface area contributed by atoms with Gasteiger partial charge in [0.15, 0.2) is 0 Å². The van der Waals surface area contributed by atoms with Gasteiger partial charge in [0.25, 0.3) is 0 Å². The number of nitrogens with zero attached hydrogens (tertiary/aromatic N) is 3. The lowest BCUT2D eigenvalue weighted by Gasteiger charge is -2.15. The van der Waals surface area contributed by atoms with Crippen LogP contribution in [-0.4, -0.2) is 31.5 Å². The summed E-state index contributed by atoms with van der Waals surface area (Å²) in [5.74, 6) is -1.16. The van der Waals surface area contributed by atoms with Gasteiger partial charge in [-0.3, -0.25) is 9.78 Å². The van der Waals surface area contributed by atoms with Crippen LogP contribution in [0.15, 0.2) is 36.8 Å². The van der Waals surface area contributed by atoms with Crippen molar-refractivity contribution in [2.45, 2.75) is 25.6 Å². The van der Waals surface area contributed by atoms with E-state index in [4.69, 9.17) is 10.8 Å². The summed E-state index contributed by atoms with van der Waals surface area (Å²) in [6.07, 6.45) is -0.225. The van der Waals surface area contributed by atoms with E-state index in [0.29, 0.717) is 11.3 Å². The van der Waals surface area contributed by atoms with Crippen molar-refractivity contribution in [2.75, 3.05) is 0 Å². The van der Waals surface area contributed by atoms with E-state index in [0.717, 1.165) is 6.07 Å². The van der Waals surface area contributed by atoms with E-state index in [9.17, 15) is 18.0 Å². The topological polar surface area (TPSA) is 93.5 Å². The Morgan fingerprint density at radius 2 is 2.04 bits per heavy atom. The van der Waals surface area contributed by atoms with Crippen molar-refractivity contribution < 1.29 is 23.1 Å². The number of fused-ring (bicyclic) bond motifs is 1. The first kappa shape index (κ1) is 20.7. The quantitative estimate of drug-likeness (QED) is 0.702. The zero-order chi connectivity index (χ0) is 19.1. The first-order valence-corrected chi connectivity index (χ1v) is 7.66. The molecule has 0 fully saturated rings. The van der Waals surface area contributed by atoms with Gasteiger partial charge in [0.1, 0.15) is 11.7 Å². The van der Waals surface area contributed by atoms with Crippen molar-refractivity contribution in [3.8, 4) is 11.3 Å². The molecular formula is C17H16ClF3N4O2. The van der Waals surface area contributed by atoms with E-state index in [1.165, 1.54) is 35.9 Å². The number of hydrogen-bond acceptors (Lipinski definition) is 4. The van der Waals surface area contributed by atoms with Gasteiger partial charge in [0, 0.05) is 36.3 Å². The predicted octanol–water partition coefficient (Wildman–Crippen LogP) is 3.10. The molecule has 0 bridgehead atoms. The van der Waals surface area contributed by atoms with Crippen molar-refractivity contribution in [2.24, 2.45) is 5.73 Å². The van der Waals surface area contributed by atoms with Crippen molar-refractivity contribution in [3.63, 3.8) is 0 Å². The molecule has 3 aromatic rings. The number of rotatable bonds is 4. The minimum Gasteiger partial charge on any atom is -0.480 e. The molecule has 3 N–H and O–H groups in total. The third-order valence-corrected chi connectivity index (χ3v) is 3.96. The number of aliphatic carboxylic acids is 1. The van der Waals surface area contributed by atoms with Crippen molar-refractivity contribution >= 4 is 24.0 Å². The molecule has 0 amide bonds. The second-order valence-electron chi connectivity index (χ2n) is 5.91. The molecule has 0 aliphatic rings. The number of aromatic nitrogens is 3. The lowest BCUT2D eigenvalue weighted by atomic mass is 10.0. The number of hydrogen-bond donors (Lipinski definition) is 2. The fourth-order valence-corrected chi connectivity index (χ4v) is 2.73. The lowest BCUT2D eigenvalue weighted by molar-refractivity contribution is -0.139. The number of carboxylic acids is 1. The monoisotopic (exact) mass is 400 g/mol. The van der Waals surface area contributed by atoms with Crippen molar-refractivity contribution in [1.29, 1.82) is 0 Å². The fourth-order valence-electron chi connectivity index (χ4n) is 2.73. The average molecular weight is 401 g/mol. The number of imidazole rings is 1. The minimum atomic E-state index is -4.57. The van der Waals surface area contributed by atoms with E-state index in [1.807, 2.05) is 0 Å². The molecule has 0 spiro atoms. The molecule has 1 unspecified atom stereocenters. The SMILES string of the molecule is Cc1cnc(-c2ccc(CC(N)C(=O)O)n3ccnc23)c(C(F)(F)F)c1.Cl. The number of aryl methyl sites for hydroxylation is 1. The zero-order valence-corrected chi connectivity index (χ0v) is 14.9. The summed E-state index contributed by atoms with van der Waals surface area (Å²) < 4.78 is 41.8. The highest BCUT2D eigenvalue weighted by molar-refractivity contribution is 5.85. The van der Waals surface area contributed by atoms with Crippen molar-refractivity contribution in [1.82, 2.24) is 14.4 Å². The largest absolute Gasteiger partial charge is 0.480 e. The standard InChI is InChI=1S/C17H15F3N4O2.ClH/c1-9-6-12(17(18,19)20)14(23-8-9)11-3-2-10(7-13(21)16(25)26)24-5-4-22-15(11)24;/h2-6,8,13H,7,21H2,1H3,(H,25,26);1H. The van der Waals surface area contributed by atoms with Gasteiger partial charge in [-0.15, -0.1) is 12.4 Å². The predicted molar refractivity (Wildman–Crippen MR) is 94.7 cm³/mol. The van der Waals surface area contributed by atoms with Gasteiger partial charge >= 0.3 is 12.1 Å². The van der Waals surface area contributed by atoms with E-state index in [1.54, 1.807) is 6.20 Å². The highest BCUT2D eigenvalue weighted by Crippen LogP contribution is 2.37. The summed E-state index contributed by atoms with van der Waals surface area (Å²) in [5, 5.41) is 8.97. The van der Waals surface area contributed by atoms with Crippen LogP contribution >= 0.6 is 12.4 Å². The van der Waals surface area contributed by atoms with Crippen molar-refractivity contribution in [3.05, 3.63) is 53.6 Å². The summed E-state index contributed by atoms with van der Waals surface area (Å²) in [6.45, 7) is 1.54. The molecule has 6 nitrogen and oxygen atoms in total. The molecule has 144 valence electrons. The highest BCUT2D eigenvalue weighted by atomic mass is 35.5. The number of carbonyl (C=O) groups is 1. The lowest BCUT2D eigenvalue weighted by Crippen LogP contribution is -2.32. The van der Waals surface area contributed by atoms with Gasteiger partial charge in [0.05, 0.1) is 11.3 Å². The van der Waals surface area contributed by atoms with E-state index in [2.05, 4.69) is 9.97 Å². The fraction of sp³-hybridized carbons (Fsp3) is 0.235. The van der Waals surface area contributed by atoms with E-state index >= 15 is 0 Å². The number of carboxylic acid groups (broad SMARTS) is 1. The normalized spacial score (nSPS) is 12.6. The third kappa shape index (κ3) is 4.04. The molecule has 3 aromatic heterocycles. The molecular weight excluding hydrogens is 385 g/mol. The molecule has 3 rings (SSSR count). The molecule has 27 heavy (non-hydrogen) atoms. The van der Waals surface area contributed by atoms with Gasteiger partial charge in [-0.1, -0.05) is 0 Å². The molecule has 0 aliphatic heterocycles. The Morgan fingerprint density at radius 1 is 1.33 bits per heavy atom. The first-order valence-electron chi connectivity index (χ1n) is 7.66. The smallest absolute Gasteiger partial charge is 0.418 e. The van der Waals surface area contributed by atoms with Crippen LogP contribution in [-0.2, 0) is 17.4 Å². The molecule has 0 aliphatic carbocycles. The van der Waals surface area contributed by atoms with Crippen LogP contribution in [0.25, 0.3) is 16.9 Å². The van der Waals surface area contributed by atoms with Gasteiger partial charge < -0.3 is 15.2 Å². The molecule has 0 radical (unpaired) electrons. The summed E-state index contributed by atoms with van der Waals surface area (Å²) in [6, 6.07) is 2.90. The molecule has 0 saturated carbocycles. The van der Waals surface area contributed by atoms with Crippen LogP contribution < -0.4 is 5.73 Å². The Morgan fingerprint density at radius 3 is 2.67 bits per heavy atom. The summed E-state index contributed by atoms with van der Waals surface area (Å²) in [4.78, 5) is 19.1. The van der Waals surface area contributed by atoms with E-state index < -0.39 is 23.8 Å². The second kappa shape index (κ2) is 7.53. The van der Waals surface area contributed by atoms with Crippen LogP contribution in [0.2, 0.25) is 0 Å². The minimum absolute atomic E-state index is 0. The Hall–Kier alpha value is -2.65. The van der Waals surface area contributed by atoms with Crippen LogP contribution in [0.3, 0.4) is 0 Å². The van der Waals surface area contributed by atoms with Gasteiger partial charge in [-0.25, -0.2) is 4.98 Å². The van der Waals surface area contributed by atoms with Gasteiger partial charge in [0.2, 0.25) is 0 Å². The Balaban J connectivity index is 0.00000261. The number of halogens is 4. The van der Waals surface area contributed by atoms with Crippen LogP contribution in [0.4, 0.5) is 13.2 Å². The summed E-state index contributed by atoms with van der Waals surface area (Å²) in [5.41, 5.74) is 5.86. The van der Waals surface area contributed by atoms with Gasteiger partial charge in [-0.2, -0.15) is 13.2 Å². The molecule has 0 aromatic carbocycles. The molecule has 1 atom stereocenters. The average Bonchev–Trinajstić information content (AvgIpc) is 3.04. The second-order valence-corrected chi connectivity index (χ2v) is 5.91. The maximum atomic E-state index is 13.4. The highest BCUT2D eigenvalue weighted by Gasteiger charge is 2.35. The Labute approximate surface area is 158 Å². The molecule has 10 heteroatoms. The first-order chi connectivity index (χ1) is 12.2. The van der Waals surface area contributed by atoms with Crippen LogP contribution in [0.5, 0.6) is 0 Å². The maximum absolute atomic E-state index is 13.4. The number of pyridine rings is 2. The maximum Gasteiger partial charge on any atom is 0.418 e. The van der Waals surface area contributed by atoms with E-state index in [-0.39, 0.29) is 35.7 Å². The van der Waals surface area contributed by atoms with Crippen LogP contribution in [0.1, 0.15) is 16.8 Å². The summed E-state index contributed by atoms with van der Waals surface area (Å²) in [7, 11) is 0. The Bertz CT molecular complexity index is 988. The molecule has 3 heterocycles. The third-order valence-electron chi connectivity index (χ3n) is 3.96. The number of nitrogens with two attached hydrogens (primary N) is 1. The number of alkyl halides is 3. The zero-order valence-electron chi connectivity index (χ0n) is 14.1. The van der Waals surface area contributed by atoms with Gasteiger partial charge in [-0.05, 0) is 30.7 Å².